The van der Waals surface area contributed by atoms with Crippen molar-refractivity contribution in [3.05, 3.63) is 168 Å². The molecule has 3 heteroatoms. The molecule has 0 spiro atoms. The van der Waals surface area contributed by atoms with Crippen molar-refractivity contribution in [1.29, 1.82) is 0 Å². The number of halogens is 2. The van der Waals surface area contributed by atoms with E-state index in [9.17, 15) is 8.78 Å². The first kappa shape index (κ1) is 36.5. The molecule has 51 heavy (non-hydrogen) atoms. The molecule has 0 bridgehead atoms. The number of allylic oxidation sites excluding steroid dienone is 4. The van der Waals surface area contributed by atoms with Crippen LogP contribution in [-0.4, -0.2) is 13.2 Å². The van der Waals surface area contributed by atoms with Crippen LogP contribution in [0.1, 0.15) is 85.5 Å². The van der Waals surface area contributed by atoms with Gasteiger partial charge in [-0.2, -0.15) is 0 Å². The van der Waals surface area contributed by atoms with E-state index in [4.69, 9.17) is 4.74 Å². The maximum Gasteiger partial charge on any atom is 0.127 e. The molecule has 0 unspecified atom stereocenters. The third-order valence-electron chi connectivity index (χ3n) is 11.2. The van der Waals surface area contributed by atoms with Crippen molar-refractivity contribution < 1.29 is 13.5 Å². The first-order chi connectivity index (χ1) is 25.0. The lowest BCUT2D eigenvalue weighted by molar-refractivity contribution is 0.193. The zero-order chi connectivity index (χ0) is 35.4. The topological polar surface area (TPSA) is 9.23 Å². The van der Waals surface area contributed by atoms with Crippen LogP contribution in [0.2, 0.25) is 0 Å². The summed E-state index contributed by atoms with van der Waals surface area (Å²) in [4.78, 5) is 0. The monoisotopic (exact) mass is 682 g/mol. The molecule has 0 heterocycles. The van der Waals surface area contributed by atoms with Gasteiger partial charge in [0, 0.05) is 0 Å². The van der Waals surface area contributed by atoms with Gasteiger partial charge in [-0.05, 0) is 145 Å². The summed E-state index contributed by atoms with van der Waals surface area (Å²) >= 11 is 0. The first-order valence-corrected chi connectivity index (χ1v) is 18.9. The second-order valence-corrected chi connectivity index (χ2v) is 14.4. The smallest absolute Gasteiger partial charge is 0.127 e. The molecule has 0 radical (unpaired) electrons. The Morgan fingerprint density at radius 1 is 0.490 bits per heavy atom. The number of hydrogen-bond donors (Lipinski definition) is 0. The average molecular weight is 683 g/mol. The Bertz CT molecular complexity index is 1650. The minimum absolute atomic E-state index is 0.192. The molecule has 0 amide bonds. The standard InChI is InChI=1S/C48H52F2O/c1-3-35-11-15-37(16-12-35)39-19-23-41(24-20-39)45-29-27-43(47(49)33-45)9-5-7-31-51-32-8-6-10-44-28-30-46(34-48(44)50)42-25-21-40(22-26-42)38-17-13-36(4-2)14-18-38/h3-8,19-30,33-38H,1-2,9-18,31-32H2. The fourth-order valence-electron chi connectivity index (χ4n) is 7.82. The minimum Gasteiger partial charge on any atom is -0.373 e. The Morgan fingerprint density at radius 2 is 0.863 bits per heavy atom. The van der Waals surface area contributed by atoms with Crippen LogP contribution in [0.4, 0.5) is 8.78 Å². The zero-order valence-electron chi connectivity index (χ0n) is 29.9. The Hall–Kier alpha value is -4.34. The van der Waals surface area contributed by atoms with E-state index >= 15 is 0 Å². The van der Waals surface area contributed by atoms with Crippen LogP contribution in [-0.2, 0) is 17.6 Å². The van der Waals surface area contributed by atoms with Gasteiger partial charge in [-0.25, -0.2) is 8.78 Å². The fourth-order valence-corrected chi connectivity index (χ4v) is 7.82. The van der Waals surface area contributed by atoms with Gasteiger partial charge in [-0.1, -0.05) is 109 Å². The zero-order valence-corrected chi connectivity index (χ0v) is 29.9. The summed E-state index contributed by atoms with van der Waals surface area (Å²) in [5.41, 5.74) is 7.97. The van der Waals surface area contributed by atoms with Crippen molar-refractivity contribution >= 4 is 0 Å². The van der Waals surface area contributed by atoms with Crippen molar-refractivity contribution in [2.45, 2.75) is 76.0 Å². The molecule has 2 aliphatic carbocycles. The second-order valence-electron chi connectivity index (χ2n) is 14.4. The fraction of sp³-hybridized carbons (Fsp3) is 0.333. The van der Waals surface area contributed by atoms with E-state index in [0.29, 0.717) is 60.9 Å². The van der Waals surface area contributed by atoms with Gasteiger partial charge in [-0.3, -0.25) is 0 Å². The lowest BCUT2D eigenvalue weighted by atomic mass is 9.78. The van der Waals surface area contributed by atoms with Gasteiger partial charge in [0.1, 0.15) is 11.6 Å². The van der Waals surface area contributed by atoms with E-state index in [1.807, 2.05) is 48.6 Å². The molecular formula is C48H52F2O. The molecule has 2 saturated carbocycles. The van der Waals surface area contributed by atoms with Crippen molar-refractivity contribution in [3.63, 3.8) is 0 Å². The summed E-state index contributed by atoms with van der Waals surface area (Å²) in [7, 11) is 0. The van der Waals surface area contributed by atoms with Gasteiger partial charge in [0.15, 0.2) is 0 Å². The summed E-state index contributed by atoms with van der Waals surface area (Å²) in [6.07, 6.45) is 22.6. The lowest BCUT2D eigenvalue weighted by Crippen LogP contribution is -2.11. The number of rotatable bonds is 14. The number of hydrogen-bond acceptors (Lipinski definition) is 1. The van der Waals surface area contributed by atoms with Gasteiger partial charge in [0.25, 0.3) is 0 Å². The van der Waals surface area contributed by atoms with Crippen LogP contribution in [0.3, 0.4) is 0 Å². The van der Waals surface area contributed by atoms with Gasteiger partial charge in [0.2, 0.25) is 0 Å². The molecule has 0 saturated heterocycles. The van der Waals surface area contributed by atoms with E-state index in [0.717, 1.165) is 22.3 Å². The molecule has 264 valence electrons. The largest absolute Gasteiger partial charge is 0.373 e. The lowest BCUT2D eigenvalue weighted by Gasteiger charge is -2.27. The highest BCUT2D eigenvalue weighted by molar-refractivity contribution is 5.65. The predicted octanol–water partition coefficient (Wildman–Crippen LogP) is 13.1. The Morgan fingerprint density at radius 3 is 1.22 bits per heavy atom. The molecule has 2 aliphatic rings. The third kappa shape index (κ3) is 9.92. The molecule has 0 aliphatic heterocycles. The van der Waals surface area contributed by atoms with E-state index < -0.39 is 0 Å². The summed E-state index contributed by atoms with van der Waals surface area (Å²) < 4.78 is 35.6. The van der Waals surface area contributed by atoms with Crippen molar-refractivity contribution in [2.24, 2.45) is 11.8 Å². The highest BCUT2D eigenvalue weighted by Gasteiger charge is 2.21. The number of benzene rings is 4. The predicted molar refractivity (Wildman–Crippen MR) is 210 cm³/mol. The summed E-state index contributed by atoms with van der Waals surface area (Å²) in [5.74, 6) is 2.16. The minimum atomic E-state index is -0.192. The molecule has 0 atom stereocenters. The van der Waals surface area contributed by atoms with Gasteiger partial charge >= 0.3 is 0 Å². The molecule has 0 N–H and O–H groups in total. The second kappa shape index (κ2) is 18.2. The molecule has 0 aromatic heterocycles. The highest BCUT2D eigenvalue weighted by Crippen LogP contribution is 2.38. The summed E-state index contributed by atoms with van der Waals surface area (Å²) in [6.45, 7) is 8.78. The molecule has 4 aromatic carbocycles. The van der Waals surface area contributed by atoms with Gasteiger partial charge in [0.05, 0.1) is 13.2 Å². The number of ether oxygens (including phenoxy) is 1. The van der Waals surface area contributed by atoms with Crippen molar-refractivity contribution in [1.82, 2.24) is 0 Å². The van der Waals surface area contributed by atoms with E-state index in [-0.39, 0.29) is 11.6 Å². The molecule has 2 fully saturated rings. The third-order valence-corrected chi connectivity index (χ3v) is 11.2. The van der Waals surface area contributed by atoms with Gasteiger partial charge in [-0.15, -0.1) is 13.2 Å². The van der Waals surface area contributed by atoms with E-state index in [1.54, 1.807) is 12.1 Å². The van der Waals surface area contributed by atoms with Crippen LogP contribution in [0.15, 0.2) is 135 Å². The van der Waals surface area contributed by atoms with Crippen LogP contribution < -0.4 is 0 Å². The van der Waals surface area contributed by atoms with E-state index in [2.05, 4.69) is 73.8 Å². The van der Waals surface area contributed by atoms with Crippen LogP contribution in [0.5, 0.6) is 0 Å². The molecule has 4 aromatic rings. The van der Waals surface area contributed by atoms with E-state index in [1.165, 1.54) is 62.5 Å². The maximum absolute atomic E-state index is 15.0. The maximum atomic E-state index is 15.0. The summed E-state index contributed by atoms with van der Waals surface area (Å²) in [5, 5.41) is 0. The van der Waals surface area contributed by atoms with Crippen LogP contribution in [0.25, 0.3) is 22.3 Å². The Labute approximate surface area is 304 Å². The first-order valence-electron chi connectivity index (χ1n) is 18.9. The average Bonchev–Trinajstić information content (AvgIpc) is 3.18. The highest BCUT2D eigenvalue weighted by atomic mass is 19.1. The SMILES string of the molecule is C=CC1CCC(c2ccc(-c3ccc(CC=CCOCC=CCc4ccc(-c5ccc(C6CCC(C=C)CC6)cc5)cc4F)c(F)c3)cc2)CC1. The quantitative estimate of drug-likeness (QED) is 0.0950. The normalized spacial score (nSPS) is 20.9. The van der Waals surface area contributed by atoms with Gasteiger partial charge < -0.3 is 4.74 Å². The molecule has 1 nitrogen and oxygen atoms in total. The Kier molecular flexibility index (Phi) is 13.0. The van der Waals surface area contributed by atoms with Crippen molar-refractivity contribution in [3.8, 4) is 22.3 Å². The van der Waals surface area contributed by atoms with Crippen LogP contribution in [0, 0.1) is 23.5 Å². The molecule has 6 rings (SSSR count). The Balaban J connectivity index is 0.896. The summed E-state index contributed by atoms with van der Waals surface area (Å²) in [6, 6.07) is 28.4. The van der Waals surface area contributed by atoms with Crippen molar-refractivity contribution in [2.75, 3.05) is 13.2 Å². The van der Waals surface area contributed by atoms with Crippen LogP contribution >= 0.6 is 0 Å². The molecular weight excluding hydrogens is 631 g/mol.